The van der Waals surface area contributed by atoms with Gasteiger partial charge in [-0.3, -0.25) is 0 Å². The molecule has 0 radical (unpaired) electrons. The van der Waals surface area contributed by atoms with E-state index in [1.165, 1.54) is 29.7 Å². The highest BCUT2D eigenvalue weighted by molar-refractivity contribution is 7.16. The third-order valence-corrected chi connectivity index (χ3v) is 5.17. The number of fused-ring (bicyclic) bond motifs is 1. The fourth-order valence-corrected chi connectivity index (χ4v) is 3.63. The quantitative estimate of drug-likeness (QED) is 0.814. The maximum Gasteiger partial charge on any atom is 0.0934 e. The first-order valence-electron chi connectivity index (χ1n) is 6.42. The number of hydrogen-bond acceptors (Lipinski definition) is 2. The largest absolute Gasteiger partial charge is 0.307 e. The molecule has 0 spiro atoms. The fraction of sp³-hybridized carbons (Fsp3) is 0.714. The van der Waals surface area contributed by atoms with Crippen molar-refractivity contribution in [3.05, 3.63) is 20.8 Å². The van der Waals surface area contributed by atoms with Crippen LogP contribution in [0.5, 0.6) is 0 Å². The number of thiophene rings is 1. The molecule has 0 aliphatic heterocycles. The normalized spacial score (nSPS) is 22.3. The summed E-state index contributed by atoms with van der Waals surface area (Å²) in [4.78, 5) is 1.49. The van der Waals surface area contributed by atoms with E-state index in [2.05, 4.69) is 39.1 Å². The Hall–Kier alpha value is -0.0500. The lowest BCUT2D eigenvalue weighted by molar-refractivity contribution is 0.254. The van der Waals surface area contributed by atoms with Gasteiger partial charge in [0.15, 0.2) is 0 Å². The van der Waals surface area contributed by atoms with Gasteiger partial charge >= 0.3 is 0 Å². The second-order valence-corrected chi connectivity index (χ2v) is 7.90. The summed E-state index contributed by atoms with van der Waals surface area (Å²) in [5, 5.41) is 3.78. The highest BCUT2D eigenvalue weighted by atomic mass is 35.5. The summed E-state index contributed by atoms with van der Waals surface area (Å²) >= 11 is 7.89. The van der Waals surface area contributed by atoms with Crippen molar-refractivity contribution in [3.63, 3.8) is 0 Å². The minimum absolute atomic E-state index is 0.303. The SMILES string of the molecule is CC(NC1CCCc2sc(Cl)cc21)C(C)(C)C. The molecule has 1 heterocycles. The van der Waals surface area contributed by atoms with Crippen molar-refractivity contribution in [1.29, 1.82) is 0 Å². The second kappa shape index (κ2) is 4.91. The monoisotopic (exact) mass is 271 g/mol. The van der Waals surface area contributed by atoms with E-state index in [0.29, 0.717) is 17.5 Å². The van der Waals surface area contributed by atoms with Crippen LogP contribution in [0.15, 0.2) is 6.07 Å². The van der Waals surface area contributed by atoms with Gasteiger partial charge in [-0.05, 0) is 43.2 Å². The lowest BCUT2D eigenvalue weighted by Gasteiger charge is -2.34. The molecule has 1 aliphatic carbocycles. The molecule has 0 fully saturated rings. The van der Waals surface area contributed by atoms with Gasteiger partial charge in [0.25, 0.3) is 0 Å². The highest BCUT2D eigenvalue weighted by Gasteiger charge is 2.27. The highest BCUT2D eigenvalue weighted by Crippen LogP contribution is 2.38. The number of halogens is 1. The molecule has 0 amide bonds. The van der Waals surface area contributed by atoms with Crippen molar-refractivity contribution in [2.75, 3.05) is 0 Å². The maximum atomic E-state index is 6.13. The Bertz CT molecular complexity index is 391. The van der Waals surface area contributed by atoms with E-state index in [-0.39, 0.29) is 0 Å². The minimum atomic E-state index is 0.303. The standard InChI is InChI=1S/C14H22ClNS/c1-9(14(2,3)4)16-11-6-5-7-12-10(11)8-13(15)17-12/h8-9,11,16H,5-7H2,1-4H3. The average Bonchev–Trinajstić information content (AvgIpc) is 2.58. The molecular weight excluding hydrogens is 250 g/mol. The Balaban J connectivity index is 2.13. The predicted molar refractivity (Wildman–Crippen MR) is 77.1 cm³/mol. The van der Waals surface area contributed by atoms with Crippen molar-refractivity contribution in [2.24, 2.45) is 5.41 Å². The first kappa shape index (κ1) is 13.4. The molecule has 0 bridgehead atoms. The number of nitrogens with one attached hydrogen (secondary N) is 1. The summed E-state index contributed by atoms with van der Waals surface area (Å²) in [5.74, 6) is 0. The van der Waals surface area contributed by atoms with Gasteiger partial charge < -0.3 is 5.32 Å². The van der Waals surface area contributed by atoms with Gasteiger partial charge in [0.1, 0.15) is 0 Å². The van der Waals surface area contributed by atoms with E-state index >= 15 is 0 Å². The van der Waals surface area contributed by atoms with Gasteiger partial charge in [-0.2, -0.15) is 0 Å². The van der Waals surface area contributed by atoms with Crippen LogP contribution in [0.3, 0.4) is 0 Å². The van der Waals surface area contributed by atoms with Crippen molar-refractivity contribution in [3.8, 4) is 0 Å². The molecule has 0 saturated heterocycles. The third-order valence-electron chi connectivity index (χ3n) is 3.83. The molecule has 0 saturated carbocycles. The maximum absolute atomic E-state index is 6.13. The van der Waals surface area contributed by atoms with Gasteiger partial charge in [0, 0.05) is 17.0 Å². The smallest absolute Gasteiger partial charge is 0.0934 e. The first-order chi connectivity index (χ1) is 7.88. The molecule has 2 rings (SSSR count). The zero-order chi connectivity index (χ0) is 12.6. The van der Waals surface area contributed by atoms with Crippen LogP contribution < -0.4 is 5.32 Å². The summed E-state index contributed by atoms with van der Waals surface area (Å²) in [5.41, 5.74) is 1.75. The van der Waals surface area contributed by atoms with E-state index in [0.717, 1.165) is 4.34 Å². The molecule has 1 aliphatic rings. The summed E-state index contributed by atoms with van der Waals surface area (Å²) in [6.07, 6.45) is 3.72. The van der Waals surface area contributed by atoms with Crippen LogP contribution >= 0.6 is 22.9 Å². The van der Waals surface area contributed by atoms with Crippen LogP contribution in [0.1, 0.15) is 57.0 Å². The zero-order valence-corrected chi connectivity index (χ0v) is 12.7. The van der Waals surface area contributed by atoms with Crippen molar-refractivity contribution in [1.82, 2.24) is 5.32 Å². The van der Waals surface area contributed by atoms with E-state index in [4.69, 9.17) is 11.6 Å². The Morgan fingerprint density at radius 1 is 1.47 bits per heavy atom. The Morgan fingerprint density at radius 2 is 2.18 bits per heavy atom. The van der Waals surface area contributed by atoms with Crippen LogP contribution in [0.2, 0.25) is 4.34 Å². The van der Waals surface area contributed by atoms with Crippen LogP contribution in [0.4, 0.5) is 0 Å². The van der Waals surface area contributed by atoms with E-state index in [1.54, 1.807) is 11.3 Å². The predicted octanol–water partition coefficient (Wildman–Crippen LogP) is 4.80. The average molecular weight is 272 g/mol. The van der Waals surface area contributed by atoms with E-state index < -0.39 is 0 Å². The summed E-state index contributed by atoms with van der Waals surface area (Å²) in [6, 6.07) is 3.17. The molecule has 2 unspecified atom stereocenters. The Kier molecular flexibility index (Phi) is 3.86. The van der Waals surface area contributed by atoms with Crippen molar-refractivity contribution >= 4 is 22.9 Å². The van der Waals surface area contributed by atoms with Crippen LogP contribution in [0.25, 0.3) is 0 Å². The van der Waals surface area contributed by atoms with Crippen molar-refractivity contribution in [2.45, 2.75) is 59.0 Å². The van der Waals surface area contributed by atoms with Gasteiger partial charge in [-0.25, -0.2) is 0 Å². The Labute approximate surface area is 114 Å². The summed E-state index contributed by atoms with van der Waals surface area (Å²) in [7, 11) is 0. The lowest BCUT2D eigenvalue weighted by Crippen LogP contribution is -2.40. The molecule has 17 heavy (non-hydrogen) atoms. The van der Waals surface area contributed by atoms with Crippen LogP contribution in [0, 0.1) is 5.41 Å². The van der Waals surface area contributed by atoms with Gasteiger partial charge in [0.2, 0.25) is 0 Å². The molecule has 1 aromatic heterocycles. The zero-order valence-electron chi connectivity index (χ0n) is 11.1. The molecule has 0 aromatic carbocycles. The van der Waals surface area contributed by atoms with Gasteiger partial charge in [-0.1, -0.05) is 32.4 Å². The number of rotatable bonds is 2. The first-order valence-corrected chi connectivity index (χ1v) is 7.61. The van der Waals surface area contributed by atoms with E-state index in [1.807, 2.05) is 0 Å². The van der Waals surface area contributed by atoms with E-state index in [9.17, 15) is 0 Å². The molecule has 2 atom stereocenters. The lowest BCUT2D eigenvalue weighted by atomic mass is 9.85. The molecular formula is C14H22ClNS. The Morgan fingerprint density at radius 3 is 2.82 bits per heavy atom. The third kappa shape index (κ3) is 3.04. The molecule has 3 heteroatoms. The van der Waals surface area contributed by atoms with Gasteiger partial charge in [0.05, 0.1) is 4.34 Å². The minimum Gasteiger partial charge on any atom is -0.307 e. The molecule has 1 nitrogen and oxygen atoms in total. The second-order valence-electron chi connectivity index (χ2n) is 6.13. The molecule has 1 aromatic rings. The molecule has 1 N–H and O–H groups in total. The summed E-state index contributed by atoms with van der Waals surface area (Å²) in [6.45, 7) is 9.14. The van der Waals surface area contributed by atoms with Crippen molar-refractivity contribution < 1.29 is 0 Å². The topological polar surface area (TPSA) is 12.0 Å². The number of aryl methyl sites for hydroxylation is 1. The van der Waals surface area contributed by atoms with Crippen LogP contribution in [-0.4, -0.2) is 6.04 Å². The van der Waals surface area contributed by atoms with Gasteiger partial charge in [-0.15, -0.1) is 11.3 Å². The fourth-order valence-electron chi connectivity index (χ4n) is 2.25. The number of hydrogen-bond donors (Lipinski definition) is 1. The van der Waals surface area contributed by atoms with Crippen LogP contribution in [-0.2, 0) is 6.42 Å². The summed E-state index contributed by atoms with van der Waals surface area (Å²) < 4.78 is 0.937. The molecule has 96 valence electrons.